The van der Waals surface area contributed by atoms with Crippen LogP contribution in [0.15, 0.2) is 59.8 Å². The summed E-state index contributed by atoms with van der Waals surface area (Å²) in [6, 6.07) is 12.1. The molecule has 1 N–H and O–H groups in total. The second-order valence-corrected chi connectivity index (χ2v) is 6.77. The first-order valence-electron chi connectivity index (χ1n) is 8.62. The average molecular weight is 461 g/mol. The predicted molar refractivity (Wildman–Crippen MR) is 115 cm³/mol. The summed E-state index contributed by atoms with van der Waals surface area (Å²) in [5.41, 5.74) is 3.18. The minimum absolute atomic E-state index is 0.145. The number of carbonyl (C=O) groups is 1. The number of hydrazone groups is 1. The third kappa shape index (κ3) is 5.68. The van der Waals surface area contributed by atoms with E-state index in [2.05, 4.69) is 15.5 Å². The monoisotopic (exact) mass is 460 g/mol. The maximum Gasteiger partial charge on any atom is 0.287 e. The van der Waals surface area contributed by atoms with E-state index in [4.69, 9.17) is 32.7 Å². The predicted octanol–water partition coefficient (Wildman–Crippen LogP) is 4.86. The van der Waals surface area contributed by atoms with Crippen LogP contribution in [0.3, 0.4) is 0 Å². The summed E-state index contributed by atoms with van der Waals surface area (Å²) >= 11 is 11.7. The number of amides is 1. The van der Waals surface area contributed by atoms with E-state index < -0.39 is 10.8 Å². The van der Waals surface area contributed by atoms with Gasteiger partial charge < -0.3 is 9.47 Å². The van der Waals surface area contributed by atoms with Gasteiger partial charge in [0.2, 0.25) is 5.88 Å². The number of nitrogens with one attached hydrogen (secondary N) is 1. The molecule has 0 saturated carbocycles. The Morgan fingerprint density at radius 3 is 2.58 bits per heavy atom. The lowest BCUT2D eigenvalue weighted by Crippen LogP contribution is -2.17. The normalized spacial score (nSPS) is 10.7. The Hall–Kier alpha value is -3.69. The van der Waals surface area contributed by atoms with Gasteiger partial charge in [-0.05, 0) is 42.0 Å². The molecule has 0 spiro atoms. The maximum absolute atomic E-state index is 12.1. The minimum atomic E-state index is -0.550. The Labute approximate surface area is 186 Å². The smallest absolute Gasteiger partial charge is 0.287 e. The Morgan fingerprint density at radius 2 is 1.94 bits per heavy atom. The molecule has 3 aromatic rings. The summed E-state index contributed by atoms with van der Waals surface area (Å²) < 4.78 is 10.9. The lowest BCUT2D eigenvalue weighted by molar-refractivity contribution is -0.385. The van der Waals surface area contributed by atoms with Gasteiger partial charge in [-0.15, -0.1) is 0 Å². The van der Waals surface area contributed by atoms with Gasteiger partial charge in [0.05, 0.1) is 28.3 Å². The number of halogens is 2. The van der Waals surface area contributed by atoms with Crippen molar-refractivity contribution in [3.63, 3.8) is 0 Å². The zero-order valence-corrected chi connectivity index (χ0v) is 17.4. The van der Waals surface area contributed by atoms with Crippen LogP contribution < -0.4 is 14.9 Å². The maximum atomic E-state index is 12.1. The molecule has 158 valence electrons. The molecule has 11 heteroatoms. The highest BCUT2D eigenvalue weighted by molar-refractivity contribution is 6.42. The van der Waals surface area contributed by atoms with Crippen LogP contribution in [0.1, 0.15) is 15.9 Å². The third-order valence-electron chi connectivity index (χ3n) is 3.90. The molecule has 0 aliphatic rings. The van der Waals surface area contributed by atoms with Gasteiger partial charge in [-0.3, -0.25) is 14.9 Å². The number of rotatable bonds is 7. The lowest BCUT2D eigenvalue weighted by Gasteiger charge is -2.10. The van der Waals surface area contributed by atoms with E-state index in [9.17, 15) is 14.9 Å². The molecule has 0 fully saturated rings. The number of hydrogen-bond acceptors (Lipinski definition) is 7. The van der Waals surface area contributed by atoms with Crippen molar-refractivity contribution in [1.82, 2.24) is 10.4 Å². The largest absolute Gasteiger partial charge is 0.493 e. The first-order chi connectivity index (χ1) is 14.9. The number of hydrogen-bond donors (Lipinski definition) is 1. The highest BCUT2D eigenvalue weighted by atomic mass is 35.5. The van der Waals surface area contributed by atoms with Crippen molar-refractivity contribution in [2.24, 2.45) is 5.10 Å². The Bertz CT molecular complexity index is 1150. The molecule has 0 atom stereocenters. The van der Waals surface area contributed by atoms with Crippen LogP contribution in [0.4, 0.5) is 5.69 Å². The van der Waals surface area contributed by atoms with Crippen molar-refractivity contribution in [1.29, 1.82) is 0 Å². The van der Waals surface area contributed by atoms with E-state index in [0.29, 0.717) is 27.6 Å². The summed E-state index contributed by atoms with van der Waals surface area (Å²) in [6.45, 7) is 0. The Kier molecular flexibility index (Phi) is 7.01. The Morgan fingerprint density at radius 1 is 1.13 bits per heavy atom. The molecule has 3 rings (SSSR count). The van der Waals surface area contributed by atoms with Gasteiger partial charge in [-0.25, -0.2) is 10.4 Å². The summed E-state index contributed by atoms with van der Waals surface area (Å²) in [5, 5.41) is 15.2. The molecular weight excluding hydrogens is 447 g/mol. The van der Waals surface area contributed by atoms with Crippen molar-refractivity contribution >= 4 is 41.0 Å². The number of carbonyl (C=O) groups excluding carboxylic acids is 1. The topological polar surface area (TPSA) is 116 Å². The van der Waals surface area contributed by atoms with Crippen molar-refractivity contribution in [3.05, 3.63) is 86.0 Å². The molecular formula is C20H14Cl2N4O5. The second-order valence-electron chi connectivity index (χ2n) is 5.95. The number of nitrogens with zero attached hydrogens (tertiary/aromatic N) is 3. The quantitative estimate of drug-likeness (QED) is 0.305. The van der Waals surface area contributed by atoms with E-state index in [0.717, 1.165) is 6.20 Å². The average Bonchev–Trinajstić information content (AvgIpc) is 2.76. The van der Waals surface area contributed by atoms with Gasteiger partial charge >= 0.3 is 0 Å². The number of ether oxygens (including phenoxy) is 2. The molecule has 0 saturated heterocycles. The zero-order chi connectivity index (χ0) is 22.4. The first-order valence-corrected chi connectivity index (χ1v) is 9.38. The number of benzene rings is 2. The van der Waals surface area contributed by atoms with Crippen LogP contribution in [0.5, 0.6) is 17.4 Å². The molecule has 0 aliphatic heterocycles. The number of methoxy groups -OCH3 is 1. The molecule has 1 heterocycles. The van der Waals surface area contributed by atoms with Crippen molar-refractivity contribution in [3.8, 4) is 17.4 Å². The first kappa shape index (κ1) is 22.0. The van der Waals surface area contributed by atoms with Gasteiger partial charge in [-0.1, -0.05) is 23.2 Å². The standard InChI is InChI=1S/C20H14Cl2N4O5/c1-30-18-8-12(10-24-25-20(27)13-3-5-15(21)16(22)9-13)2-6-17(18)31-19-7-4-14(11-23-19)26(28)29/h2-11H,1H3,(H,25,27)/b24-10+. The van der Waals surface area contributed by atoms with Crippen molar-refractivity contribution in [2.45, 2.75) is 0 Å². The van der Waals surface area contributed by atoms with Gasteiger partial charge in [0.15, 0.2) is 11.5 Å². The molecule has 1 aromatic heterocycles. The van der Waals surface area contributed by atoms with Gasteiger partial charge in [0.25, 0.3) is 11.6 Å². The number of nitro groups is 1. The highest BCUT2D eigenvalue weighted by Crippen LogP contribution is 2.31. The molecule has 0 unspecified atom stereocenters. The fourth-order valence-corrected chi connectivity index (χ4v) is 2.67. The SMILES string of the molecule is COc1cc(/C=N/NC(=O)c2ccc(Cl)c(Cl)c2)ccc1Oc1ccc([N+](=O)[O-])cn1. The van der Waals surface area contributed by atoms with E-state index in [1.54, 1.807) is 18.2 Å². The van der Waals surface area contributed by atoms with E-state index >= 15 is 0 Å². The molecule has 1 amide bonds. The summed E-state index contributed by atoms with van der Waals surface area (Å²) in [4.78, 5) is 26.2. The summed E-state index contributed by atoms with van der Waals surface area (Å²) in [6.07, 6.45) is 2.52. The fraction of sp³-hybridized carbons (Fsp3) is 0.0500. The van der Waals surface area contributed by atoms with Gasteiger partial charge in [0.1, 0.15) is 6.20 Å². The van der Waals surface area contributed by atoms with Crippen LogP contribution >= 0.6 is 23.2 Å². The van der Waals surface area contributed by atoms with Crippen LogP contribution in [-0.4, -0.2) is 29.1 Å². The van der Waals surface area contributed by atoms with Gasteiger partial charge in [0, 0.05) is 17.7 Å². The minimum Gasteiger partial charge on any atom is -0.493 e. The van der Waals surface area contributed by atoms with Crippen LogP contribution in [0.2, 0.25) is 10.0 Å². The van der Waals surface area contributed by atoms with Crippen LogP contribution in [0, 0.1) is 10.1 Å². The van der Waals surface area contributed by atoms with Crippen LogP contribution in [-0.2, 0) is 0 Å². The third-order valence-corrected chi connectivity index (χ3v) is 4.63. The molecule has 31 heavy (non-hydrogen) atoms. The Balaban J connectivity index is 1.68. The van der Waals surface area contributed by atoms with E-state index in [1.807, 2.05) is 0 Å². The fourth-order valence-electron chi connectivity index (χ4n) is 2.37. The summed E-state index contributed by atoms with van der Waals surface area (Å²) in [7, 11) is 1.46. The van der Waals surface area contributed by atoms with Crippen LogP contribution in [0.25, 0.3) is 0 Å². The second kappa shape index (κ2) is 9.88. The van der Waals surface area contributed by atoms with E-state index in [1.165, 1.54) is 43.7 Å². The molecule has 0 bridgehead atoms. The zero-order valence-electron chi connectivity index (χ0n) is 15.9. The lowest BCUT2D eigenvalue weighted by atomic mass is 10.2. The molecule has 0 radical (unpaired) electrons. The molecule has 2 aromatic carbocycles. The number of aromatic nitrogens is 1. The van der Waals surface area contributed by atoms with E-state index in [-0.39, 0.29) is 16.6 Å². The van der Waals surface area contributed by atoms with Crippen molar-refractivity contribution < 1.29 is 19.2 Å². The highest BCUT2D eigenvalue weighted by Gasteiger charge is 2.11. The van der Waals surface area contributed by atoms with Crippen molar-refractivity contribution in [2.75, 3.05) is 7.11 Å². The molecule has 9 nitrogen and oxygen atoms in total. The number of pyridine rings is 1. The van der Waals surface area contributed by atoms with Gasteiger partial charge in [-0.2, -0.15) is 5.10 Å². The summed E-state index contributed by atoms with van der Waals surface area (Å²) in [5.74, 6) is 0.436. The molecule has 0 aliphatic carbocycles.